The van der Waals surface area contributed by atoms with E-state index in [-0.39, 0.29) is 22.2 Å². The molecule has 0 aliphatic carbocycles. The van der Waals surface area contributed by atoms with Crippen LogP contribution in [0.3, 0.4) is 0 Å². The number of benzene rings is 1. The van der Waals surface area contributed by atoms with Crippen molar-refractivity contribution in [2.45, 2.75) is 0 Å². The molecule has 94 valence electrons. The number of hydrogen-bond acceptors (Lipinski definition) is 4. The van der Waals surface area contributed by atoms with E-state index in [1.54, 1.807) is 0 Å². The smallest absolute Gasteiger partial charge is 0.374 e. The first-order chi connectivity index (χ1) is 8.52. The summed E-state index contributed by atoms with van der Waals surface area (Å²) in [7, 11) is 1.35. The molecule has 0 unspecified atom stereocenters. The maximum absolute atomic E-state index is 13.2. The molecule has 0 atom stereocenters. The Morgan fingerprint density at radius 2 is 2.22 bits per heavy atom. The predicted octanol–water partition coefficient (Wildman–Crippen LogP) is 2.84. The fraction of sp³-hybridized carbons (Fsp3) is 0.0909. The second kappa shape index (κ2) is 4.66. The fourth-order valence-electron chi connectivity index (χ4n) is 1.40. The number of hydrogen-bond donors (Lipinski definition) is 1. The summed E-state index contributed by atoms with van der Waals surface area (Å²) in [4.78, 5) is 10.7. The lowest BCUT2D eigenvalue weighted by atomic mass is 10.1. The molecule has 0 amide bonds. The van der Waals surface area contributed by atoms with Gasteiger partial charge in [-0.05, 0) is 6.07 Å². The average Bonchev–Trinajstić information content (AvgIpc) is 2.81. The quantitative estimate of drug-likeness (QED) is 0.929. The second-order valence-corrected chi connectivity index (χ2v) is 3.76. The minimum atomic E-state index is -1.25. The number of nitrogens with zero attached hydrogens (tertiary/aromatic N) is 1. The van der Waals surface area contributed by atoms with Crippen LogP contribution < -0.4 is 4.74 Å². The maximum atomic E-state index is 13.2. The van der Waals surface area contributed by atoms with Crippen LogP contribution in [0.15, 0.2) is 22.7 Å². The van der Waals surface area contributed by atoms with E-state index in [1.165, 1.54) is 19.2 Å². The van der Waals surface area contributed by atoms with Crippen molar-refractivity contribution in [1.29, 1.82) is 0 Å². The van der Waals surface area contributed by atoms with Crippen molar-refractivity contribution in [2.24, 2.45) is 0 Å². The van der Waals surface area contributed by atoms with Crippen LogP contribution in [-0.2, 0) is 0 Å². The van der Waals surface area contributed by atoms with Crippen molar-refractivity contribution >= 4 is 17.6 Å². The standard InChI is InChI=1S/C11H7ClFNO4/c1-17-9-3-7(13)6(12)2-5(9)8-4-10(11(15)16)18-14-8/h2-4H,1H3,(H,15,16). The number of ether oxygens (including phenoxy) is 1. The van der Waals surface area contributed by atoms with E-state index in [9.17, 15) is 9.18 Å². The molecule has 1 aromatic heterocycles. The van der Waals surface area contributed by atoms with E-state index in [2.05, 4.69) is 9.68 Å². The highest BCUT2D eigenvalue weighted by Crippen LogP contribution is 2.33. The van der Waals surface area contributed by atoms with Crippen molar-refractivity contribution in [3.8, 4) is 17.0 Å². The molecule has 7 heteroatoms. The van der Waals surface area contributed by atoms with E-state index in [4.69, 9.17) is 21.4 Å². The zero-order valence-electron chi connectivity index (χ0n) is 9.11. The molecule has 18 heavy (non-hydrogen) atoms. The minimum Gasteiger partial charge on any atom is -0.496 e. The molecule has 2 aromatic rings. The second-order valence-electron chi connectivity index (χ2n) is 3.35. The molecule has 0 radical (unpaired) electrons. The molecule has 0 saturated heterocycles. The summed E-state index contributed by atoms with van der Waals surface area (Å²) in [6.45, 7) is 0. The lowest BCUT2D eigenvalue weighted by Crippen LogP contribution is -1.92. The third kappa shape index (κ3) is 2.14. The summed E-state index contributed by atoms with van der Waals surface area (Å²) >= 11 is 5.66. The van der Waals surface area contributed by atoms with Crippen LogP contribution in [0.25, 0.3) is 11.3 Å². The summed E-state index contributed by atoms with van der Waals surface area (Å²) < 4.78 is 22.8. The molecule has 2 rings (SSSR count). The first kappa shape index (κ1) is 12.4. The first-order valence-electron chi connectivity index (χ1n) is 4.76. The Morgan fingerprint density at radius 1 is 1.50 bits per heavy atom. The van der Waals surface area contributed by atoms with Gasteiger partial charge >= 0.3 is 5.97 Å². The molecule has 0 spiro atoms. The summed E-state index contributed by atoms with van der Waals surface area (Å²) in [6.07, 6.45) is 0. The van der Waals surface area contributed by atoms with Crippen molar-refractivity contribution in [3.63, 3.8) is 0 Å². The normalized spacial score (nSPS) is 10.4. The number of halogens is 2. The zero-order valence-corrected chi connectivity index (χ0v) is 9.86. The first-order valence-corrected chi connectivity index (χ1v) is 5.14. The van der Waals surface area contributed by atoms with Crippen LogP contribution >= 0.6 is 11.6 Å². The van der Waals surface area contributed by atoms with E-state index >= 15 is 0 Å². The summed E-state index contributed by atoms with van der Waals surface area (Å²) in [5, 5.41) is 12.2. The zero-order chi connectivity index (χ0) is 13.3. The van der Waals surface area contributed by atoms with Crippen LogP contribution in [0.2, 0.25) is 5.02 Å². The Kier molecular flexibility index (Phi) is 3.20. The van der Waals surface area contributed by atoms with E-state index in [0.29, 0.717) is 5.56 Å². The number of rotatable bonds is 3. The minimum absolute atomic E-state index is 0.120. The van der Waals surface area contributed by atoms with Crippen LogP contribution in [0, 0.1) is 5.82 Å². The number of methoxy groups -OCH3 is 1. The Balaban J connectivity index is 2.55. The van der Waals surface area contributed by atoms with Gasteiger partial charge in [0.1, 0.15) is 17.3 Å². The molecule has 1 heterocycles. The molecular weight excluding hydrogens is 265 g/mol. The Hall–Kier alpha value is -2.08. The Labute approximate surface area is 106 Å². The van der Waals surface area contributed by atoms with Gasteiger partial charge in [0.25, 0.3) is 0 Å². The van der Waals surface area contributed by atoms with Crippen molar-refractivity contribution in [2.75, 3.05) is 7.11 Å². The van der Waals surface area contributed by atoms with Crippen LogP contribution in [-0.4, -0.2) is 23.3 Å². The third-order valence-electron chi connectivity index (χ3n) is 2.24. The topological polar surface area (TPSA) is 72.6 Å². The van der Waals surface area contributed by atoms with Crippen molar-refractivity contribution in [3.05, 3.63) is 34.8 Å². The highest BCUT2D eigenvalue weighted by molar-refractivity contribution is 6.31. The van der Waals surface area contributed by atoms with E-state index < -0.39 is 11.8 Å². The summed E-state index contributed by atoms with van der Waals surface area (Å²) in [5.41, 5.74) is 0.548. The third-order valence-corrected chi connectivity index (χ3v) is 2.53. The van der Waals surface area contributed by atoms with Crippen LogP contribution in [0.1, 0.15) is 10.6 Å². The lowest BCUT2D eigenvalue weighted by molar-refractivity contribution is 0.0652. The van der Waals surface area contributed by atoms with E-state index in [1.807, 2.05) is 0 Å². The van der Waals surface area contributed by atoms with E-state index in [0.717, 1.165) is 6.07 Å². The van der Waals surface area contributed by atoms with Crippen molar-refractivity contribution in [1.82, 2.24) is 5.16 Å². The van der Waals surface area contributed by atoms with Gasteiger partial charge in [-0.3, -0.25) is 0 Å². The van der Waals surface area contributed by atoms with Gasteiger partial charge in [0.05, 0.1) is 12.1 Å². The van der Waals surface area contributed by atoms with Gasteiger partial charge in [-0.15, -0.1) is 0 Å². The van der Waals surface area contributed by atoms with Gasteiger partial charge in [0, 0.05) is 17.7 Å². The van der Waals surface area contributed by atoms with Gasteiger partial charge < -0.3 is 14.4 Å². The number of aromatic carboxylic acids is 1. The highest BCUT2D eigenvalue weighted by Gasteiger charge is 2.17. The highest BCUT2D eigenvalue weighted by atomic mass is 35.5. The van der Waals surface area contributed by atoms with Crippen LogP contribution in [0.5, 0.6) is 5.75 Å². The predicted molar refractivity (Wildman–Crippen MR) is 60.4 cm³/mol. The number of carboxylic acids is 1. The van der Waals surface area contributed by atoms with Crippen LogP contribution in [0.4, 0.5) is 4.39 Å². The molecule has 0 aliphatic heterocycles. The monoisotopic (exact) mass is 271 g/mol. The van der Waals surface area contributed by atoms with Crippen molar-refractivity contribution < 1.29 is 23.6 Å². The van der Waals surface area contributed by atoms with Gasteiger partial charge in [0.2, 0.25) is 5.76 Å². The lowest BCUT2D eigenvalue weighted by Gasteiger charge is -2.06. The number of carboxylic acid groups (broad SMARTS) is 1. The molecule has 0 bridgehead atoms. The Morgan fingerprint density at radius 3 is 2.78 bits per heavy atom. The largest absolute Gasteiger partial charge is 0.496 e. The number of carbonyl (C=O) groups is 1. The molecule has 1 aromatic carbocycles. The van der Waals surface area contributed by atoms with Gasteiger partial charge in [-0.25, -0.2) is 9.18 Å². The van der Waals surface area contributed by atoms with Gasteiger partial charge in [0.15, 0.2) is 0 Å². The maximum Gasteiger partial charge on any atom is 0.374 e. The number of aromatic nitrogens is 1. The Bertz CT molecular complexity index is 611. The molecular formula is C11H7ClFNO4. The molecule has 0 aliphatic rings. The molecule has 5 nitrogen and oxygen atoms in total. The molecule has 0 saturated carbocycles. The molecule has 1 N–H and O–H groups in total. The van der Waals surface area contributed by atoms with Gasteiger partial charge in [-0.2, -0.15) is 0 Å². The fourth-order valence-corrected chi connectivity index (χ4v) is 1.56. The summed E-state index contributed by atoms with van der Waals surface area (Å²) in [6, 6.07) is 3.58. The van der Waals surface area contributed by atoms with Gasteiger partial charge in [-0.1, -0.05) is 16.8 Å². The molecule has 0 fully saturated rings. The SMILES string of the molecule is COc1cc(F)c(Cl)cc1-c1cc(C(=O)O)on1. The average molecular weight is 272 g/mol. The summed E-state index contributed by atoms with van der Waals surface area (Å²) in [5.74, 6) is -2.03.